The third kappa shape index (κ3) is 6.21. The molecule has 2 aliphatic rings. The molecule has 13 heteroatoms. The van der Waals surface area contributed by atoms with Crippen LogP contribution in [-0.2, 0) is 4.79 Å². The van der Waals surface area contributed by atoms with E-state index in [1.807, 2.05) is 12.1 Å². The molecule has 0 radical (unpaired) electrons. The summed E-state index contributed by atoms with van der Waals surface area (Å²) in [7, 11) is 0. The average molecular weight is 541 g/mol. The molecule has 5 rings (SSSR count). The van der Waals surface area contributed by atoms with Crippen LogP contribution in [0.5, 0.6) is 0 Å². The molecule has 0 aromatic carbocycles. The zero-order valence-electron chi connectivity index (χ0n) is 21.6. The number of carbonyl (C=O) groups is 2. The molecule has 3 heterocycles. The van der Waals surface area contributed by atoms with Crippen molar-refractivity contribution in [1.29, 1.82) is 5.26 Å². The van der Waals surface area contributed by atoms with E-state index >= 15 is 0 Å². The number of aromatic nitrogens is 5. The normalized spacial score (nSPS) is 18.8. The summed E-state index contributed by atoms with van der Waals surface area (Å²) >= 11 is 0. The topological polar surface area (TPSA) is 151 Å². The lowest BCUT2D eigenvalue weighted by atomic mass is 9.81. The second-order valence-corrected chi connectivity index (χ2v) is 10.5. The molecular formula is C26H30F2N8O3. The Bertz CT molecular complexity index is 1380. The number of hydrogen-bond donors (Lipinski definition) is 2. The molecule has 206 valence electrons. The molecule has 2 fully saturated rings. The van der Waals surface area contributed by atoms with Crippen molar-refractivity contribution in [2.24, 2.45) is 11.8 Å². The van der Waals surface area contributed by atoms with Crippen LogP contribution < -0.4 is 10.6 Å². The van der Waals surface area contributed by atoms with Gasteiger partial charge in [-0.3, -0.25) is 9.59 Å². The summed E-state index contributed by atoms with van der Waals surface area (Å²) in [6.45, 7) is 1.59. The highest BCUT2D eigenvalue weighted by atomic mass is 19.3. The number of imidazole rings is 1. The van der Waals surface area contributed by atoms with Crippen LogP contribution in [0.1, 0.15) is 97.3 Å². The third-order valence-electron chi connectivity index (χ3n) is 7.53. The van der Waals surface area contributed by atoms with E-state index in [4.69, 9.17) is 10.2 Å². The van der Waals surface area contributed by atoms with E-state index in [-0.39, 0.29) is 55.7 Å². The van der Waals surface area contributed by atoms with Gasteiger partial charge in [0.1, 0.15) is 5.69 Å². The van der Waals surface area contributed by atoms with E-state index in [1.54, 1.807) is 23.8 Å². The lowest BCUT2D eigenvalue weighted by Gasteiger charge is -2.33. The van der Waals surface area contributed by atoms with Gasteiger partial charge in [-0.05, 0) is 67.7 Å². The molecule has 2 N–H and O–H groups in total. The Balaban J connectivity index is 1.40. The van der Waals surface area contributed by atoms with Crippen molar-refractivity contribution in [3.63, 3.8) is 0 Å². The summed E-state index contributed by atoms with van der Waals surface area (Å²) in [6, 6.07) is 3.05. The Morgan fingerprint density at radius 3 is 2.59 bits per heavy atom. The van der Waals surface area contributed by atoms with Crippen LogP contribution in [0.3, 0.4) is 0 Å². The quantitative estimate of drug-likeness (QED) is 0.367. The molecule has 11 nitrogen and oxygen atoms in total. The average Bonchev–Trinajstić information content (AvgIpc) is 3.51. The van der Waals surface area contributed by atoms with Crippen LogP contribution in [0.25, 0.3) is 5.65 Å². The molecule has 39 heavy (non-hydrogen) atoms. The first-order valence-corrected chi connectivity index (χ1v) is 13.2. The Hall–Kier alpha value is -3.95. The van der Waals surface area contributed by atoms with Gasteiger partial charge in [0.25, 0.3) is 5.91 Å². The van der Waals surface area contributed by atoms with Crippen LogP contribution in [0.2, 0.25) is 0 Å². The minimum absolute atomic E-state index is 0.0306. The highest BCUT2D eigenvalue weighted by molar-refractivity contribution is 5.93. The molecule has 3 aromatic rings. The summed E-state index contributed by atoms with van der Waals surface area (Å²) in [5.74, 6) is -3.30. The van der Waals surface area contributed by atoms with Gasteiger partial charge in [-0.15, -0.1) is 0 Å². The fourth-order valence-electron chi connectivity index (χ4n) is 5.18. The number of unbranched alkanes of at least 4 members (excludes halogenated alkanes) is 1. The van der Waals surface area contributed by atoms with Gasteiger partial charge < -0.3 is 10.6 Å². The summed E-state index contributed by atoms with van der Waals surface area (Å²) in [5, 5.41) is 26.5. The molecule has 3 aromatic heterocycles. The molecule has 0 spiro atoms. The maximum Gasteiger partial charge on any atom is 0.276 e. The van der Waals surface area contributed by atoms with Crippen molar-refractivity contribution in [2.75, 3.05) is 0 Å². The van der Waals surface area contributed by atoms with Gasteiger partial charge in [0.15, 0.2) is 11.3 Å². The third-order valence-corrected chi connectivity index (χ3v) is 7.53. The molecular weight excluding hydrogens is 510 g/mol. The van der Waals surface area contributed by atoms with Gasteiger partial charge in [-0.2, -0.15) is 10.4 Å². The molecule has 0 saturated heterocycles. The van der Waals surface area contributed by atoms with Gasteiger partial charge in [0.05, 0.1) is 36.2 Å². The van der Waals surface area contributed by atoms with Crippen molar-refractivity contribution in [1.82, 2.24) is 35.5 Å². The molecule has 2 atom stereocenters. The monoisotopic (exact) mass is 540 g/mol. The first-order valence-electron chi connectivity index (χ1n) is 13.2. The van der Waals surface area contributed by atoms with Crippen LogP contribution in [0.15, 0.2) is 23.1 Å². The van der Waals surface area contributed by atoms with E-state index in [0.29, 0.717) is 35.8 Å². The number of aryl methyl sites for hydroxylation is 1. The number of nitriles is 1. The lowest BCUT2D eigenvalue weighted by Crippen LogP contribution is -2.37. The number of carbonyl (C=O) groups excluding carboxylic acids is 2. The number of alkyl halides is 2. The van der Waals surface area contributed by atoms with Crippen molar-refractivity contribution in [3.8, 4) is 6.07 Å². The minimum atomic E-state index is -2.72. The number of halogens is 2. The van der Waals surface area contributed by atoms with E-state index in [2.05, 4.69) is 30.7 Å². The predicted molar refractivity (Wildman–Crippen MR) is 132 cm³/mol. The maximum atomic E-state index is 13.9. The van der Waals surface area contributed by atoms with Crippen LogP contribution in [0.4, 0.5) is 8.78 Å². The van der Waals surface area contributed by atoms with E-state index < -0.39 is 17.9 Å². The zero-order valence-corrected chi connectivity index (χ0v) is 21.6. The molecule has 0 unspecified atom stereocenters. The molecule has 0 bridgehead atoms. The van der Waals surface area contributed by atoms with Crippen molar-refractivity contribution < 1.29 is 23.0 Å². The van der Waals surface area contributed by atoms with Gasteiger partial charge in [-0.1, -0.05) is 5.16 Å². The highest BCUT2D eigenvalue weighted by Gasteiger charge is 2.40. The number of nitrogens with zero attached hydrogens (tertiary/aromatic N) is 6. The van der Waals surface area contributed by atoms with Gasteiger partial charge in [0.2, 0.25) is 11.8 Å². The maximum absolute atomic E-state index is 13.9. The van der Waals surface area contributed by atoms with Crippen molar-refractivity contribution in [3.05, 3.63) is 41.1 Å². The van der Waals surface area contributed by atoms with Gasteiger partial charge in [-0.25, -0.2) is 22.9 Å². The van der Waals surface area contributed by atoms with Crippen molar-refractivity contribution in [2.45, 2.75) is 82.7 Å². The summed E-state index contributed by atoms with van der Waals surface area (Å²) < 4.78 is 34.1. The number of rotatable bonds is 10. The smallest absolute Gasteiger partial charge is 0.276 e. The fourth-order valence-corrected chi connectivity index (χ4v) is 5.18. The van der Waals surface area contributed by atoms with Gasteiger partial charge in [0, 0.05) is 25.7 Å². The SMILES string of the molecule is Cc1nonc1C(=O)N[C@H](c1cn2ncc([C@H](NC(=O)CCCC#N)C3CC3)cc2n1)C1CCC(F)(F)CC1. The molecule has 2 saturated carbocycles. The van der Waals surface area contributed by atoms with Crippen LogP contribution >= 0.6 is 0 Å². The molecule has 2 aliphatic carbocycles. The lowest BCUT2D eigenvalue weighted by molar-refractivity contribution is -0.122. The number of hydrogen-bond acceptors (Lipinski definition) is 8. The number of nitrogens with one attached hydrogen (secondary N) is 2. The Morgan fingerprint density at radius 2 is 1.92 bits per heavy atom. The van der Waals surface area contributed by atoms with Crippen LogP contribution in [0, 0.1) is 30.1 Å². The van der Waals surface area contributed by atoms with E-state index in [9.17, 15) is 18.4 Å². The summed E-state index contributed by atoms with van der Waals surface area (Å²) in [4.78, 5) is 30.2. The van der Waals surface area contributed by atoms with Crippen molar-refractivity contribution >= 4 is 17.5 Å². The Morgan fingerprint density at radius 1 is 1.18 bits per heavy atom. The van der Waals surface area contributed by atoms with E-state index in [0.717, 1.165) is 18.4 Å². The van der Waals surface area contributed by atoms with E-state index in [1.165, 1.54) is 0 Å². The largest absolute Gasteiger partial charge is 0.349 e. The first kappa shape index (κ1) is 26.6. The highest BCUT2D eigenvalue weighted by Crippen LogP contribution is 2.42. The summed E-state index contributed by atoms with van der Waals surface area (Å²) in [6.07, 6.45) is 6.40. The van der Waals surface area contributed by atoms with Gasteiger partial charge >= 0.3 is 0 Å². The predicted octanol–water partition coefficient (Wildman–Crippen LogP) is 3.98. The standard InChI is InChI=1S/C26H30F2N8O3/c1-15-22(35-39-34-15)25(38)33-24(17-7-9-26(27,28)10-8-17)19-14-36-20(31-19)12-18(13-30-36)23(16-5-6-16)32-21(37)4-2-3-11-29/h12-14,16-17,23-24H,2-10H2,1H3,(H,32,37)(H,33,38)/t23-,24+/m1/s1. The minimum Gasteiger partial charge on any atom is -0.349 e. The second kappa shape index (κ2) is 11.0. The summed E-state index contributed by atoms with van der Waals surface area (Å²) in [5.41, 5.74) is 2.19. The first-order chi connectivity index (χ1) is 18.7. The molecule has 2 amide bonds. The zero-order chi connectivity index (χ0) is 27.6. The number of amides is 2. The fraction of sp³-hybridized carbons (Fsp3) is 0.577. The van der Waals surface area contributed by atoms with Crippen LogP contribution in [-0.4, -0.2) is 42.6 Å². The molecule has 0 aliphatic heterocycles. The Labute approximate surface area is 223 Å². The Kier molecular flexibility index (Phi) is 7.54. The second-order valence-electron chi connectivity index (χ2n) is 10.5. The number of fused-ring (bicyclic) bond motifs is 1.